The molecule has 0 radical (unpaired) electrons. The quantitative estimate of drug-likeness (QED) is 0.701. The van der Waals surface area contributed by atoms with Crippen molar-refractivity contribution in [3.8, 4) is 11.1 Å². The van der Waals surface area contributed by atoms with Gasteiger partial charge in [0.1, 0.15) is 4.21 Å². The maximum absolute atomic E-state index is 12.9. The Kier molecular flexibility index (Phi) is 5.03. The highest BCUT2D eigenvalue weighted by atomic mass is 32.2. The van der Waals surface area contributed by atoms with Gasteiger partial charge in [0.2, 0.25) is 9.84 Å². The van der Waals surface area contributed by atoms with Crippen LogP contribution in [0.25, 0.3) is 11.1 Å². The van der Waals surface area contributed by atoms with E-state index in [0.717, 1.165) is 22.5 Å². The molecule has 0 aliphatic rings. The summed E-state index contributed by atoms with van der Waals surface area (Å²) in [6.07, 6.45) is 1.07. The van der Waals surface area contributed by atoms with Crippen molar-refractivity contribution >= 4 is 31.0 Å². The van der Waals surface area contributed by atoms with E-state index in [1.54, 1.807) is 30.3 Å². The Balaban J connectivity index is 2.19. The fraction of sp³-hybridized carbons (Fsp3) is 0.111. The van der Waals surface area contributed by atoms with Crippen LogP contribution in [0, 0.1) is 0 Å². The zero-order valence-corrected chi connectivity index (χ0v) is 16.4. The lowest BCUT2D eigenvalue weighted by atomic mass is 10.1. The highest BCUT2D eigenvalue weighted by Crippen LogP contribution is 2.33. The number of benzene rings is 2. The largest absolute Gasteiger partial charge is 0.326 e. The minimum Gasteiger partial charge on any atom is -0.326 e. The third-order valence-corrected chi connectivity index (χ3v) is 8.34. The molecular formula is C18H17NO4S3. The fourth-order valence-corrected chi connectivity index (χ4v) is 6.22. The number of hydrogen-bond donors (Lipinski definition) is 1. The number of thiophene rings is 1. The van der Waals surface area contributed by atoms with Crippen LogP contribution in [0.2, 0.25) is 0 Å². The molecule has 3 aromatic rings. The SMILES string of the molecule is CS(=O)(=O)c1cc(S(=O)(=O)c2ccc(CN)s2)ccc1-c1ccccc1. The van der Waals surface area contributed by atoms with Gasteiger partial charge >= 0.3 is 0 Å². The first-order valence-corrected chi connectivity index (χ1v) is 11.9. The van der Waals surface area contributed by atoms with Gasteiger partial charge in [-0.3, -0.25) is 0 Å². The molecule has 0 fully saturated rings. The Morgan fingerprint density at radius 3 is 2.19 bits per heavy atom. The van der Waals surface area contributed by atoms with Crippen LogP contribution in [0.3, 0.4) is 0 Å². The molecule has 0 saturated heterocycles. The average Bonchev–Trinajstić information content (AvgIpc) is 3.11. The van der Waals surface area contributed by atoms with Crippen molar-refractivity contribution in [2.75, 3.05) is 6.26 Å². The smallest absolute Gasteiger partial charge is 0.216 e. The summed E-state index contributed by atoms with van der Waals surface area (Å²) in [5.74, 6) is 0. The summed E-state index contributed by atoms with van der Waals surface area (Å²) in [4.78, 5) is 0.677. The maximum Gasteiger partial charge on any atom is 0.216 e. The third-order valence-electron chi connectivity index (χ3n) is 3.85. The second kappa shape index (κ2) is 6.96. The van der Waals surface area contributed by atoms with Gasteiger partial charge in [-0.05, 0) is 29.8 Å². The Hall–Kier alpha value is -2.00. The molecule has 0 atom stereocenters. The lowest BCUT2D eigenvalue weighted by molar-refractivity contribution is 0.597. The molecule has 0 amide bonds. The fourth-order valence-electron chi connectivity index (χ4n) is 2.56. The van der Waals surface area contributed by atoms with Gasteiger partial charge in [-0.15, -0.1) is 11.3 Å². The molecular weight excluding hydrogens is 390 g/mol. The van der Waals surface area contributed by atoms with Crippen molar-refractivity contribution in [1.82, 2.24) is 0 Å². The lowest BCUT2D eigenvalue weighted by Crippen LogP contribution is -2.05. The van der Waals surface area contributed by atoms with Gasteiger partial charge in [0, 0.05) is 23.2 Å². The van der Waals surface area contributed by atoms with Gasteiger partial charge < -0.3 is 5.73 Å². The second-order valence-electron chi connectivity index (χ2n) is 5.72. The Morgan fingerprint density at radius 1 is 0.923 bits per heavy atom. The van der Waals surface area contributed by atoms with E-state index in [2.05, 4.69) is 0 Å². The molecule has 8 heteroatoms. The maximum atomic E-state index is 12.9. The van der Waals surface area contributed by atoms with Crippen LogP contribution in [0.15, 0.2) is 74.7 Å². The van der Waals surface area contributed by atoms with Crippen LogP contribution in [-0.2, 0) is 26.2 Å². The van der Waals surface area contributed by atoms with Crippen molar-refractivity contribution in [3.63, 3.8) is 0 Å². The van der Waals surface area contributed by atoms with E-state index in [1.807, 2.05) is 6.07 Å². The summed E-state index contributed by atoms with van der Waals surface area (Å²) < 4.78 is 50.4. The van der Waals surface area contributed by atoms with Crippen LogP contribution in [0.5, 0.6) is 0 Å². The van der Waals surface area contributed by atoms with Gasteiger partial charge in [-0.1, -0.05) is 36.4 Å². The van der Waals surface area contributed by atoms with Gasteiger partial charge in [0.05, 0.1) is 9.79 Å². The van der Waals surface area contributed by atoms with E-state index in [-0.39, 0.29) is 20.5 Å². The molecule has 26 heavy (non-hydrogen) atoms. The summed E-state index contributed by atoms with van der Waals surface area (Å²) in [6, 6.07) is 16.3. The number of hydrogen-bond acceptors (Lipinski definition) is 6. The number of rotatable bonds is 5. The molecule has 5 nitrogen and oxygen atoms in total. The number of nitrogens with two attached hydrogens (primary N) is 1. The van der Waals surface area contributed by atoms with E-state index in [1.165, 1.54) is 24.3 Å². The molecule has 0 bridgehead atoms. The van der Waals surface area contributed by atoms with Crippen molar-refractivity contribution in [2.45, 2.75) is 20.5 Å². The van der Waals surface area contributed by atoms with Crippen molar-refractivity contribution in [1.29, 1.82) is 0 Å². The first-order chi connectivity index (χ1) is 12.2. The molecule has 2 aromatic carbocycles. The van der Waals surface area contributed by atoms with Gasteiger partial charge in [0.25, 0.3) is 0 Å². The number of sulfone groups is 2. The summed E-state index contributed by atoms with van der Waals surface area (Å²) >= 11 is 1.09. The second-order valence-corrected chi connectivity index (χ2v) is 11.1. The molecule has 0 saturated carbocycles. The van der Waals surface area contributed by atoms with E-state index in [9.17, 15) is 16.8 Å². The standard InChI is InChI=1S/C18H17NO4S3/c1-25(20,21)17-11-15(8-9-16(17)13-5-3-2-4-6-13)26(22,23)18-10-7-14(12-19)24-18/h2-11H,12,19H2,1H3. The Labute approximate surface area is 157 Å². The minimum atomic E-state index is -3.81. The molecule has 1 heterocycles. The van der Waals surface area contributed by atoms with Crippen molar-refractivity contribution in [2.24, 2.45) is 5.73 Å². The normalized spacial score (nSPS) is 12.2. The topological polar surface area (TPSA) is 94.3 Å². The van der Waals surface area contributed by atoms with E-state index in [4.69, 9.17) is 5.73 Å². The third kappa shape index (κ3) is 3.59. The van der Waals surface area contributed by atoms with Crippen LogP contribution in [-0.4, -0.2) is 23.1 Å². The summed E-state index contributed by atoms with van der Waals surface area (Å²) in [6.45, 7) is 0.252. The van der Waals surface area contributed by atoms with E-state index < -0.39 is 19.7 Å². The highest BCUT2D eigenvalue weighted by molar-refractivity contribution is 7.93. The van der Waals surface area contributed by atoms with Gasteiger partial charge in [0.15, 0.2) is 9.84 Å². The predicted molar refractivity (Wildman–Crippen MR) is 103 cm³/mol. The molecule has 0 unspecified atom stereocenters. The molecule has 0 spiro atoms. The predicted octanol–water partition coefficient (Wildman–Crippen LogP) is 3.11. The first-order valence-electron chi connectivity index (χ1n) is 7.67. The van der Waals surface area contributed by atoms with Gasteiger partial charge in [-0.2, -0.15) is 0 Å². The van der Waals surface area contributed by atoms with E-state index in [0.29, 0.717) is 11.1 Å². The van der Waals surface area contributed by atoms with Crippen LogP contribution in [0.4, 0.5) is 0 Å². The van der Waals surface area contributed by atoms with Crippen molar-refractivity contribution in [3.05, 3.63) is 65.5 Å². The highest BCUT2D eigenvalue weighted by Gasteiger charge is 2.24. The lowest BCUT2D eigenvalue weighted by Gasteiger charge is -2.11. The molecule has 136 valence electrons. The minimum absolute atomic E-state index is 0.0135. The summed E-state index contributed by atoms with van der Waals surface area (Å²) in [5.41, 5.74) is 6.73. The monoisotopic (exact) mass is 407 g/mol. The van der Waals surface area contributed by atoms with Crippen LogP contribution < -0.4 is 5.73 Å². The van der Waals surface area contributed by atoms with Crippen molar-refractivity contribution < 1.29 is 16.8 Å². The Bertz CT molecular complexity index is 1150. The molecule has 2 N–H and O–H groups in total. The summed E-state index contributed by atoms with van der Waals surface area (Å²) in [5, 5.41) is 0. The Morgan fingerprint density at radius 2 is 1.62 bits per heavy atom. The summed E-state index contributed by atoms with van der Waals surface area (Å²) in [7, 11) is -7.44. The zero-order valence-electron chi connectivity index (χ0n) is 13.9. The molecule has 0 aliphatic carbocycles. The molecule has 1 aromatic heterocycles. The molecule has 0 aliphatic heterocycles. The van der Waals surface area contributed by atoms with Crippen LogP contribution >= 0.6 is 11.3 Å². The van der Waals surface area contributed by atoms with E-state index >= 15 is 0 Å². The zero-order chi connectivity index (χ0) is 18.9. The van der Waals surface area contributed by atoms with Crippen LogP contribution in [0.1, 0.15) is 4.88 Å². The van der Waals surface area contributed by atoms with Gasteiger partial charge in [-0.25, -0.2) is 16.8 Å². The molecule has 3 rings (SSSR count). The average molecular weight is 408 g/mol. The first kappa shape index (κ1) is 18.8.